The number of nitrogens with one attached hydrogen (secondary N) is 2. The van der Waals surface area contributed by atoms with Crippen LogP contribution in [0.1, 0.15) is 29.5 Å². The van der Waals surface area contributed by atoms with Crippen LogP contribution >= 0.6 is 11.6 Å². The number of aryl methyl sites for hydroxylation is 1. The van der Waals surface area contributed by atoms with Crippen molar-refractivity contribution < 1.29 is 0 Å². The first-order valence-electron chi connectivity index (χ1n) is 8.74. The van der Waals surface area contributed by atoms with Crippen LogP contribution in [0.15, 0.2) is 47.6 Å². The Hall–Kier alpha value is -2.07. The zero-order valence-corrected chi connectivity index (χ0v) is 15.6. The maximum Gasteiger partial charge on any atom is 0.191 e. The third-order valence-corrected chi connectivity index (χ3v) is 5.11. The first-order valence-corrected chi connectivity index (χ1v) is 9.12. The number of aliphatic imine (C=N–C) groups is 1. The van der Waals surface area contributed by atoms with Gasteiger partial charge in [-0.3, -0.25) is 4.99 Å². The van der Waals surface area contributed by atoms with E-state index in [1.54, 1.807) is 0 Å². The van der Waals surface area contributed by atoms with E-state index in [0.29, 0.717) is 5.15 Å². The normalized spacial score (nSPS) is 15.7. The quantitative estimate of drug-likeness (QED) is 0.473. The van der Waals surface area contributed by atoms with E-state index in [1.807, 2.05) is 25.4 Å². The van der Waals surface area contributed by atoms with E-state index in [2.05, 4.69) is 51.8 Å². The molecule has 0 saturated heterocycles. The first kappa shape index (κ1) is 17.7. The van der Waals surface area contributed by atoms with Gasteiger partial charge in [-0.05, 0) is 48.9 Å². The molecule has 0 amide bonds. The molecule has 2 N–H and O–H groups in total. The summed E-state index contributed by atoms with van der Waals surface area (Å²) in [5.41, 5.74) is 4.26. The molecule has 132 valence electrons. The second-order valence-electron chi connectivity index (χ2n) is 6.69. The zero-order valence-electron chi connectivity index (χ0n) is 14.8. The zero-order chi connectivity index (χ0) is 17.7. The molecule has 3 rings (SSSR count). The van der Waals surface area contributed by atoms with Gasteiger partial charge in [-0.1, -0.05) is 41.9 Å². The maximum atomic E-state index is 5.81. The van der Waals surface area contributed by atoms with Crippen molar-refractivity contribution >= 4 is 17.6 Å². The van der Waals surface area contributed by atoms with E-state index in [1.165, 1.54) is 24.0 Å². The molecule has 1 saturated carbocycles. The second-order valence-corrected chi connectivity index (χ2v) is 7.07. The van der Waals surface area contributed by atoms with Gasteiger partial charge < -0.3 is 10.6 Å². The van der Waals surface area contributed by atoms with E-state index in [0.717, 1.165) is 31.0 Å². The van der Waals surface area contributed by atoms with E-state index in [4.69, 9.17) is 11.6 Å². The molecule has 0 unspecified atom stereocenters. The topological polar surface area (TPSA) is 49.3 Å². The standard InChI is InChI=1S/C20H25ClN4/c1-15-5-3-4-6-17(15)20(10-11-20)14-25-19(22-2)23-12-9-16-7-8-18(21)24-13-16/h3-8,13H,9-12,14H2,1-2H3,(H2,22,23,25). The summed E-state index contributed by atoms with van der Waals surface area (Å²) in [6, 6.07) is 12.5. The molecular weight excluding hydrogens is 332 g/mol. The minimum Gasteiger partial charge on any atom is -0.356 e. The smallest absolute Gasteiger partial charge is 0.191 e. The van der Waals surface area contributed by atoms with Crippen molar-refractivity contribution in [3.8, 4) is 0 Å². The molecule has 0 atom stereocenters. The number of pyridine rings is 1. The van der Waals surface area contributed by atoms with Crippen LogP contribution in [0.5, 0.6) is 0 Å². The molecule has 1 aromatic carbocycles. The number of aromatic nitrogens is 1. The summed E-state index contributed by atoms with van der Waals surface area (Å²) in [5, 5.41) is 7.40. The number of hydrogen-bond acceptors (Lipinski definition) is 2. The first-order chi connectivity index (χ1) is 12.1. The maximum absolute atomic E-state index is 5.81. The lowest BCUT2D eigenvalue weighted by Crippen LogP contribution is -2.42. The average molecular weight is 357 g/mol. The monoisotopic (exact) mass is 356 g/mol. The Morgan fingerprint density at radius 3 is 2.64 bits per heavy atom. The van der Waals surface area contributed by atoms with Crippen LogP contribution in [-0.4, -0.2) is 31.1 Å². The Morgan fingerprint density at radius 2 is 2.00 bits per heavy atom. The Balaban J connectivity index is 1.50. The molecule has 0 spiro atoms. The van der Waals surface area contributed by atoms with Crippen molar-refractivity contribution in [2.24, 2.45) is 4.99 Å². The highest BCUT2D eigenvalue weighted by atomic mass is 35.5. The van der Waals surface area contributed by atoms with Crippen molar-refractivity contribution in [3.63, 3.8) is 0 Å². The fourth-order valence-corrected chi connectivity index (χ4v) is 3.33. The van der Waals surface area contributed by atoms with Crippen molar-refractivity contribution in [2.75, 3.05) is 20.1 Å². The van der Waals surface area contributed by atoms with Crippen LogP contribution in [0.2, 0.25) is 5.15 Å². The van der Waals surface area contributed by atoms with Crippen molar-refractivity contribution in [1.29, 1.82) is 0 Å². The third-order valence-electron chi connectivity index (χ3n) is 4.88. The number of rotatable bonds is 6. The summed E-state index contributed by atoms with van der Waals surface area (Å²) in [4.78, 5) is 8.45. The van der Waals surface area contributed by atoms with Gasteiger partial charge >= 0.3 is 0 Å². The van der Waals surface area contributed by atoms with Crippen LogP contribution in [-0.2, 0) is 11.8 Å². The van der Waals surface area contributed by atoms with Gasteiger partial charge in [0.25, 0.3) is 0 Å². The molecule has 4 nitrogen and oxygen atoms in total. The lowest BCUT2D eigenvalue weighted by molar-refractivity contribution is 0.642. The number of halogens is 1. The molecular formula is C20H25ClN4. The number of guanidine groups is 1. The lowest BCUT2D eigenvalue weighted by Gasteiger charge is -2.20. The van der Waals surface area contributed by atoms with Crippen LogP contribution < -0.4 is 10.6 Å². The highest BCUT2D eigenvalue weighted by Crippen LogP contribution is 2.48. The minimum atomic E-state index is 0.267. The summed E-state index contributed by atoms with van der Waals surface area (Å²) in [6.45, 7) is 3.92. The molecule has 1 aliphatic rings. The van der Waals surface area contributed by atoms with Crippen molar-refractivity contribution in [2.45, 2.75) is 31.6 Å². The molecule has 5 heteroatoms. The van der Waals surface area contributed by atoms with Gasteiger partial charge in [-0.2, -0.15) is 0 Å². The Labute approximate surface area is 154 Å². The van der Waals surface area contributed by atoms with Crippen LogP contribution in [0.3, 0.4) is 0 Å². The fourth-order valence-electron chi connectivity index (χ4n) is 3.21. The molecule has 0 bridgehead atoms. The van der Waals surface area contributed by atoms with E-state index < -0.39 is 0 Å². The van der Waals surface area contributed by atoms with Gasteiger partial charge in [0.1, 0.15) is 5.15 Å². The van der Waals surface area contributed by atoms with Gasteiger partial charge in [-0.25, -0.2) is 4.98 Å². The molecule has 1 aromatic heterocycles. The number of benzene rings is 1. The predicted octanol–water partition coefficient (Wildman–Crippen LogP) is 3.48. The summed E-state index contributed by atoms with van der Waals surface area (Å²) in [6.07, 6.45) is 5.17. The summed E-state index contributed by atoms with van der Waals surface area (Å²) >= 11 is 5.81. The van der Waals surface area contributed by atoms with Crippen LogP contribution in [0.4, 0.5) is 0 Å². The fraction of sp³-hybridized carbons (Fsp3) is 0.400. The van der Waals surface area contributed by atoms with Gasteiger partial charge in [0, 0.05) is 31.7 Å². The highest BCUT2D eigenvalue weighted by Gasteiger charge is 2.44. The van der Waals surface area contributed by atoms with Crippen molar-refractivity contribution in [3.05, 3.63) is 64.4 Å². The lowest BCUT2D eigenvalue weighted by atomic mass is 9.92. The third kappa shape index (κ3) is 4.51. The number of nitrogens with zero attached hydrogens (tertiary/aromatic N) is 2. The van der Waals surface area contributed by atoms with Gasteiger partial charge in [0.2, 0.25) is 0 Å². The summed E-state index contributed by atoms with van der Waals surface area (Å²) in [7, 11) is 1.81. The highest BCUT2D eigenvalue weighted by molar-refractivity contribution is 6.29. The largest absolute Gasteiger partial charge is 0.356 e. The van der Waals surface area contributed by atoms with E-state index in [-0.39, 0.29) is 5.41 Å². The van der Waals surface area contributed by atoms with Gasteiger partial charge in [0.05, 0.1) is 0 Å². The molecule has 2 aromatic rings. The minimum absolute atomic E-state index is 0.267. The average Bonchev–Trinajstić information content (AvgIpc) is 3.41. The van der Waals surface area contributed by atoms with Crippen molar-refractivity contribution in [1.82, 2.24) is 15.6 Å². The van der Waals surface area contributed by atoms with Gasteiger partial charge in [-0.15, -0.1) is 0 Å². The van der Waals surface area contributed by atoms with Gasteiger partial charge in [0.15, 0.2) is 5.96 Å². The summed E-state index contributed by atoms with van der Waals surface area (Å²) < 4.78 is 0. The Morgan fingerprint density at radius 1 is 1.20 bits per heavy atom. The molecule has 1 aliphatic carbocycles. The molecule has 0 aliphatic heterocycles. The predicted molar refractivity (Wildman–Crippen MR) is 104 cm³/mol. The second kappa shape index (κ2) is 7.87. The van der Waals surface area contributed by atoms with E-state index in [9.17, 15) is 0 Å². The van der Waals surface area contributed by atoms with E-state index >= 15 is 0 Å². The summed E-state index contributed by atoms with van der Waals surface area (Å²) in [5.74, 6) is 0.849. The molecule has 0 radical (unpaired) electrons. The molecule has 25 heavy (non-hydrogen) atoms. The van der Waals surface area contributed by atoms with Crippen LogP contribution in [0.25, 0.3) is 0 Å². The number of hydrogen-bond donors (Lipinski definition) is 2. The Kier molecular flexibility index (Phi) is 5.59. The Bertz CT molecular complexity index is 736. The molecule has 1 heterocycles. The molecule has 1 fully saturated rings. The SMILES string of the molecule is CN=C(NCCc1ccc(Cl)nc1)NCC1(c2ccccc2C)CC1. The van der Waals surface area contributed by atoms with Crippen LogP contribution in [0, 0.1) is 6.92 Å².